The highest BCUT2D eigenvalue weighted by molar-refractivity contribution is 5.88. The molecular formula is C36H56O5. The molecule has 0 aromatic rings. The van der Waals surface area contributed by atoms with Crippen molar-refractivity contribution in [3.63, 3.8) is 0 Å². The second-order valence-corrected chi connectivity index (χ2v) is 16.7. The Balaban J connectivity index is 1.61. The van der Waals surface area contributed by atoms with Gasteiger partial charge in [-0.2, -0.15) is 0 Å². The Kier molecular flexibility index (Phi) is 7.29. The summed E-state index contributed by atoms with van der Waals surface area (Å²) in [4.78, 5) is 27.1. The molecule has 0 amide bonds. The summed E-state index contributed by atoms with van der Waals surface area (Å²) in [5, 5.41) is 11.0. The van der Waals surface area contributed by atoms with Gasteiger partial charge in [0.15, 0.2) is 0 Å². The summed E-state index contributed by atoms with van der Waals surface area (Å²) in [6.45, 7) is 20.3. The van der Waals surface area contributed by atoms with Crippen molar-refractivity contribution in [2.75, 3.05) is 7.11 Å². The van der Waals surface area contributed by atoms with Gasteiger partial charge in [0.1, 0.15) is 11.5 Å². The highest BCUT2D eigenvalue weighted by Gasteiger charge is 2.71. The predicted molar refractivity (Wildman–Crippen MR) is 162 cm³/mol. The molecule has 0 saturated heterocycles. The third-order valence-electron chi connectivity index (χ3n) is 14.2. The number of rotatable bonds is 3. The topological polar surface area (TPSA) is 72.8 Å². The third-order valence-corrected chi connectivity index (χ3v) is 14.2. The second-order valence-electron chi connectivity index (χ2n) is 16.7. The van der Waals surface area contributed by atoms with Gasteiger partial charge in [-0.15, -0.1) is 0 Å². The van der Waals surface area contributed by atoms with E-state index in [1.165, 1.54) is 12.7 Å². The highest BCUT2D eigenvalue weighted by atomic mass is 16.6. The van der Waals surface area contributed by atoms with Gasteiger partial charge in [0.05, 0.1) is 13.2 Å². The van der Waals surface area contributed by atoms with Crippen molar-refractivity contribution in [2.24, 2.45) is 50.2 Å². The Labute approximate surface area is 248 Å². The van der Waals surface area contributed by atoms with Crippen molar-refractivity contribution in [2.45, 2.75) is 132 Å². The zero-order valence-electron chi connectivity index (χ0n) is 27.5. The van der Waals surface area contributed by atoms with E-state index in [4.69, 9.17) is 9.47 Å². The van der Waals surface area contributed by atoms with Crippen LogP contribution in [0.25, 0.3) is 0 Å². The van der Waals surface area contributed by atoms with Crippen LogP contribution >= 0.6 is 0 Å². The molecule has 4 saturated carbocycles. The van der Waals surface area contributed by atoms with Crippen molar-refractivity contribution in [3.05, 3.63) is 23.3 Å². The number of allylic oxidation sites excluding steroid dienone is 3. The van der Waals surface area contributed by atoms with E-state index < -0.39 is 11.5 Å². The van der Waals surface area contributed by atoms with Gasteiger partial charge < -0.3 is 14.6 Å². The van der Waals surface area contributed by atoms with Crippen LogP contribution in [-0.2, 0) is 19.1 Å². The molecule has 5 aliphatic rings. The summed E-state index contributed by atoms with van der Waals surface area (Å²) < 4.78 is 11.9. The lowest BCUT2D eigenvalue weighted by atomic mass is 9.33. The first-order chi connectivity index (χ1) is 18.9. The number of hydrogen-bond donors (Lipinski definition) is 1. The van der Waals surface area contributed by atoms with E-state index in [9.17, 15) is 14.7 Å². The average Bonchev–Trinajstić information content (AvgIpc) is 2.90. The largest absolute Gasteiger partial charge is 0.468 e. The van der Waals surface area contributed by atoms with Crippen LogP contribution in [0.5, 0.6) is 0 Å². The number of esters is 2. The number of fused-ring (bicyclic) bond motifs is 7. The van der Waals surface area contributed by atoms with Gasteiger partial charge in [0.25, 0.3) is 0 Å². The summed E-state index contributed by atoms with van der Waals surface area (Å²) >= 11 is 0. The molecule has 5 heteroatoms. The Hall–Kier alpha value is -1.62. The summed E-state index contributed by atoms with van der Waals surface area (Å²) in [7, 11) is 1.49. The molecule has 0 aliphatic heterocycles. The summed E-state index contributed by atoms with van der Waals surface area (Å²) in [5.74, 6) is 0.461. The molecule has 0 bridgehead atoms. The van der Waals surface area contributed by atoms with E-state index in [0.717, 1.165) is 44.9 Å². The van der Waals surface area contributed by atoms with E-state index in [1.54, 1.807) is 13.0 Å². The smallest absolute Gasteiger partial charge is 0.333 e. The zero-order chi connectivity index (χ0) is 30.4. The molecule has 0 heterocycles. The standard InChI is InChI=1S/C36H56O5/c1-11-22(2)29(38)41-28-21-31(3,4)20-24-23-12-13-26-33(7)16-15-27(37)32(5,6)25(33)14-17-35(26,9)34(23,8)18-19-36(24,28)30(39)40-10/h11-12,24-28,37H,13-21H2,1-10H3. The van der Waals surface area contributed by atoms with Crippen LogP contribution < -0.4 is 0 Å². The molecule has 0 radical (unpaired) electrons. The van der Waals surface area contributed by atoms with E-state index in [2.05, 4.69) is 54.5 Å². The van der Waals surface area contributed by atoms with Gasteiger partial charge in [0.2, 0.25) is 0 Å². The first kappa shape index (κ1) is 30.8. The lowest BCUT2D eigenvalue weighted by Crippen LogP contribution is -2.67. The van der Waals surface area contributed by atoms with Crippen LogP contribution in [0.15, 0.2) is 23.3 Å². The summed E-state index contributed by atoms with van der Waals surface area (Å²) in [6, 6.07) is 0. The number of carbonyl (C=O) groups is 2. The maximum absolute atomic E-state index is 14.0. The quantitative estimate of drug-likeness (QED) is 0.214. The summed E-state index contributed by atoms with van der Waals surface area (Å²) in [5.41, 5.74) is 1.19. The molecule has 5 nitrogen and oxygen atoms in total. The third kappa shape index (κ3) is 4.09. The van der Waals surface area contributed by atoms with Crippen LogP contribution in [0.3, 0.4) is 0 Å². The molecule has 4 fully saturated rings. The molecule has 9 atom stereocenters. The Bertz CT molecular complexity index is 1160. The number of ether oxygens (including phenoxy) is 2. The van der Waals surface area contributed by atoms with E-state index in [1.807, 2.05) is 6.92 Å². The first-order valence-corrected chi connectivity index (χ1v) is 16.3. The minimum absolute atomic E-state index is 0.0194. The molecule has 5 rings (SSSR count). The minimum atomic E-state index is -0.861. The Morgan fingerprint density at radius 2 is 1.63 bits per heavy atom. The fourth-order valence-corrected chi connectivity index (χ4v) is 11.4. The number of hydrogen-bond acceptors (Lipinski definition) is 5. The number of aliphatic hydroxyl groups is 1. The van der Waals surface area contributed by atoms with Crippen LogP contribution in [0.4, 0.5) is 0 Å². The van der Waals surface area contributed by atoms with Crippen LogP contribution in [-0.4, -0.2) is 36.4 Å². The minimum Gasteiger partial charge on any atom is -0.468 e. The molecule has 0 spiro atoms. The summed E-state index contributed by atoms with van der Waals surface area (Å²) in [6.07, 6.45) is 11.9. The van der Waals surface area contributed by atoms with Crippen molar-refractivity contribution in [1.29, 1.82) is 0 Å². The van der Waals surface area contributed by atoms with Crippen molar-refractivity contribution >= 4 is 11.9 Å². The monoisotopic (exact) mass is 568 g/mol. The zero-order valence-corrected chi connectivity index (χ0v) is 27.5. The normalized spacial score (nSPS) is 46.6. The molecule has 9 unspecified atom stereocenters. The predicted octanol–water partition coefficient (Wildman–Crippen LogP) is 7.81. The van der Waals surface area contributed by atoms with Crippen LogP contribution in [0.2, 0.25) is 0 Å². The molecular weight excluding hydrogens is 512 g/mol. The van der Waals surface area contributed by atoms with Crippen LogP contribution in [0, 0.1) is 50.2 Å². The lowest BCUT2D eigenvalue weighted by molar-refractivity contribution is -0.216. The van der Waals surface area contributed by atoms with E-state index >= 15 is 0 Å². The molecule has 0 aromatic heterocycles. The number of aliphatic hydroxyl groups excluding tert-OH is 1. The molecule has 0 aromatic carbocycles. The van der Waals surface area contributed by atoms with Crippen LogP contribution in [0.1, 0.15) is 120 Å². The molecule has 230 valence electrons. The Morgan fingerprint density at radius 1 is 0.951 bits per heavy atom. The maximum Gasteiger partial charge on any atom is 0.333 e. The van der Waals surface area contributed by atoms with Crippen molar-refractivity contribution in [3.8, 4) is 0 Å². The lowest BCUT2D eigenvalue weighted by Gasteiger charge is -2.71. The fraction of sp³-hybridized carbons (Fsp3) is 0.833. The van der Waals surface area contributed by atoms with E-state index in [-0.39, 0.29) is 51.0 Å². The number of carbonyl (C=O) groups excluding carboxylic acids is 2. The van der Waals surface area contributed by atoms with Gasteiger partial charge in [-0.3, -0.25) is 4.79 Å². The highest BCUT2D eigenvalue weighted by Crippen LogP contribution is 2.76. The Morgan fingerprint density at radius 3 is 2.27 bits per heavy atom. The molecule has 1 N–H and O–H groups in total. The molecule has 5 aliphatic carbocycles. The second kappa shape index (κ2) is 9.69. The van der Waals surface area contributed by atoms with Crippen molar-refractivity contribution in [1.82, 2.24) is 0 Å². The van der Waals surface area contributed by atoms with Gasteiger partial charge in [-0.05, 0) is 111 Å². The van der Waals surface area contributed by atoms with Gasteiger partial charge in [-0.1, -0.05) is 66.2 Å². The molecule has 41 heavy (non-hydrogen) atoms. The van der Waals surface area contributed by atoms with Crippen molar-refractivity contribution < 1.29 is 24.2 Å². The van der Waals surface area contributed by atoms with Gasteiger partial charge >= 0.3 is 11.9 Å². The number of methoxy groups -OCH3 is 1. The van der Waals surface area contributed by atoms with Gasteiger partial charge in [0, 0.05) is 11.5 Å². The fourth-order valence-electron chi connectivity index (χ4n) is 11.4. The van der Waals surface area contributed by atoms with E-state index in [0.29, 0.717) is 30.3 Å². The van der Waals surface area contributed by atoms with Gasteiger partial charge in [-0.25, -0.2) is 4.79 Å². The maximum atomic E-state index is 14.0. The average molecular weight is 569 g/mol. The first-order valence-electron chi connectivity index (χ1n) is 16.3. The SMILES string of the molecule is CC=C(C)C(=O)OC1CC(C)(C)CC2C3=CCC4C5(C)CCC(O)C(C)(C)C5CCC4(C)C3(C)CCC12C(=O)OC.